The first-order valence-electron chi connectivity index (χ1n) is 7.01. The normalized spacial score (nSPS) is 23.9. The Kier molecular flexibility index (Phi) is 3.27. The van der Waals surface area contributed by atoms with E-state index in [-0.39, 0.29) is 5.41 Å². The van der Waals surface area contributed by atoms with Crippen LogP contribution in [0.4, 0.5) is 0 Å². The number of aromatic nitrogens is 2. The number of nitrogens with one attached hydrogen (secondary N) is 1. The van der Waals surface area contributed by atoms with E-state index in [0.717, 1.165) is 35.7 Å². The number of benzene rings is 1. The second-order valence-electron chi connectivity index (χ2n) is 5.65. The van der Waals surface area contributed by atoms with E-state index in [9.17, 15) is 0 Å². The fraction of sp³-hybridized carbons (Fsp3) is 0.533. The van der Waals surface area contributed by atoms with Crippen LogP contribution in [0.5, 0.6) is 0 Å². The molecule has 0 spiro atoms. The van der Waals surface area contributed by atoms with Gasteiger partial charge in [0, 0.05) is 23.5 Å². The fourth-order valence-electron chi connectivity index (χ4n) is 3.12. The maximum absolute atomic E-state index is 6.12. The van der Waals surface area contributed by atoms with Crippen molar-refractivity contribution in [3.8, 4) is 0 Å². The zero-order chi connectivity index (χ0) is 13.5. The van der Waals surface area contributed by atoms with Gasteiger partial charge in [0.1, 0.15) is 5.82 Å². The number of piperidine rings is 1. The Morgan fingerprint density at radius 3 is 3.00 bits per heavy atom. The van der Waals surface area contributed by atoms with Crippen LogP contribution in [0.3, 0.4) is 0 Å². The predicted octanol–water partition coefficient (Wildman–Crippen LogP) is 3.35. The molecule has 2 heterocycles. The van der Waals surface area contributed by atoms with Gasteiger partial charge in [-0.15, -0.1) is 0 Å². The molecule has 2 aromatic rings. The Morgan fingerprint density at radius 2 is 2.32 bits per heavy atom. The molecule has 1 fully saturated rings. The van der Waals surface area contributed by atoms with Crippen LogP contribution in [-0.2, 0) is 12.0 Å². The molecule has 102 valence electrons. The van der Waals surface area contributed by atoms with Crippen LogP contribution in [0.2, 0.25) is 5.02 Å². The van der Waals surface area contributed by atoms with Gasteiger partial charge in [0.05, 0.1) is 11.0 Å². The summed E-state index contributed by atoms with van der Waals surface area (Å²) in [6.45, 7) is 7.54. The first kappa shape index (κ1) is 12.9. The molecule has 1 aliphatic heterocycles. The van der Waals surface area contributed by atoms with Gasteiger partial charge in [0.2, 0.25) is 0 Å². The molecule has 3 nitrogen and oxygen atoms in total. The number of fused-ring (bicyclic) bond motifs is 1. The average molecular weight is 278 g/mol. The van der Waals surface area contributed by atoms with E-state index in [2.05, 4.69) is 23.7 Å². The number of aryl methyl sites for hydroxylation is 1. The molecule has 19 heavy (non-hydrogen) atoms. The molecule has 3 rings (SSSR count). The van der Waals surface area contributed by atoms with Crippen molar-refractivity contribution in [2.45, 2.75) is 38.6 Å². The predicted molar refractivity (Wildman–Crippen MR) is 79.9 cm³/mol. The average Bonchev–Trinajstić information content (AvgIpc) is 2.78. The molecule has 1 aromatic heterocycles. The molecule has 0 amide bonds. The minimum atomic E-state index is 0.125. The van der Waals surface area contributed by atoms with Crippen LogP contribution in [0.1, 0.15) is 32.5 Å². The van der Waals surface area contributed by atoms with Gasteiger partial charge in [-0.1, -0.05) is 18.5 Å². The van der Waals surface area contributed by atoms with Crippen molar-refractivity contribution in [3.05, 3.63) is 29.0 Å². The van der Waals surface area contributed by atoms with Gasteiger partial charge in [0.15, 0.2) is 0 Å². The van der Waals surface area contributed by atoms with E-state index in [1.54, 1.807) is 0 Å². The highest BCUT2D eigenvalue weighted by Crippen LogP contribution is 2.33. The monoisotopic (exact) mass is 277 g/mol. The Hall–Kier alpha value is -1.06. The Balaban J connectivity index is 2.17. The maximum Gasteiger partial charge on any atom is 0.117 e. The maximum atomic E-state index is 6.12. The van der Waals surface area contributed by atoms with Gasteiger partial charge in [-0.05, 0) is 44.5 Å². The highest BCUT2D eigenvalue weighted by molar-refractivity contribution is 6.31. The Labute approximate surface area is 119 Å². The Bertz CT molecular complexity index is 597. The number of imidazole rings is 1. The zero-order valence-corrected chi connectivity index (χ0v) is 12.3. The van der Waals surface area contributed by atoms with Crippen molar-refractivity contribution in [2.24, 2.45) is 0 Å². The standard InChI is InChI=1S/C15H20ClN3/c1-3-19-13-9-11(16)5-6-12(13)18-14(19)15(2)7-4-8-17-10-15/h5-6,9,17H,3-4,7-8,10H2,1-2H3. The van der Waals surface area contributed by atoms with Crippen LogP contribution < -0.4 is 5.32 Å². The summed E-state index contributed by atoms with van der Waals surface area (Å²) in [5.74, 6) is 1.19. The summed E-state index contributed by atoms with van der Waals surface area (Å²) in [6, 6.07) is 5.96. The van der Waals surface area contributed by atoms with Gasteiger partial charge in [-0.2, -0.15) is 0 Å². The molecule has 1 saturated heterocycles. The number of halogens is 1. The first-order chi connectivity index (χ1) is 9.14. The topological polar surface area (TPSA) is 29.9 Å². The second-order valence-corrected chi connectivity index (χ2v) is 6.09. The van der Waals surface area contributed by atoms with Gasteiger partial charge in [-0.25, -0.2) is 4.98 Å². The minimum absolute atomic E-state index is 0.125. The minimum Gasteiger partial charge on any atom is -0.328 e. The number of hydrogen-bond donors (Lipinski definition) is 1. The van der Waals surface area contributed by atoms with Crippen LogP contribution in [0.15, 0.2) is 18.2 Å². The van der Waals surface area contributed by atoms with E-state index < -0.39 is 0 Å². The highest BCUT2D eigenvalue weighted by atomic mass is 35.5. The van der Waals surface area contributed by atoms with Gasteiger partial charge >= 0.3 is 0 Å². The van der Waals surface area contributed by atoms with Gasteiger partial charge < -0.3 is 9.88 Å². The van der Waals surface area contributed by atoms with E-state index in [4.69, 9.17) is 16.6 Å². The molecule has 0 bridgehead atoms. The summed E-state index contributed by atoms with van der Waals surface area (Å²) in [5.41, 5.74) is 2.32. The largest absolute Gasteiger partial charge is 0.328 e. The molecule has 0 saturated carbocycles. The van der Waals surface area contributed by atoms with Crippen molar-refractivity contribution in [1.82, 2.24) is 14.9 Å². The zero-order valence-electron chi connectivity index (χ0n) is 11.5. The fourth-order valence-corrected chi connectivity index (χ4v) is 3.29. The third-order valence-corrected chi connectivity index (χ3v) is 4.40. The molecule has 1 aliphatic rings. The van der Waals surface area contributed by atoms with Gasteiger partial charge in [-0.3, -0.25) is 0 Å². The van der Waals surface area contributed by atoms with Crippen molar-refractivity contribution in [3.63, 3.8) is 0 Å². The van der Waals surface area contributed by atoms with Crippen LogP contribution in [0, 0.1) is 0 Å². The van der Waals surface area contributed by atoms with Gasteiger partial charge in [0.25, 0.3) is 0 Å². The molecular weight excluding hydrogens is 258 g/mol. The van der Waals surface area contributed by atoms with Crippen LogP contribution in [0.25, 0.3) is 11.0 Å². The summed E-state index contributed by atoms with van der Waals surface area (Å²) in [6.07, 6.45) is 2.40. The molecule has 1 aromatic carbocycles. The molecule has 4 heteroatoms. The Morgan fingerprint density at radius 1 is 1.47 bits per heavy atom. The lowest BCUT2D eigenvalue weighted by Gasteiger charge is -2.33. The second kappa shape index (κ2) is 4.80. The quantitative estimate of drug-likeness (QED) is 0.912. The highest BCUT2D eigenvalue weighted by Gasteiger charge is 2.33. The summed E-state index contributed by atoms with van der Waals surface area (Å²) >= 11 is 6.12. The van der Waals surface area contributed by atoms with Crippen molar-refractivity contribution < 1.29 is 0 Å². The van der Waals surface area contributed by atoms with E-state index in [0.29, 0.717) is 0 Å². The number of nitrogens with zero attached hydrogens (tertiary/aromatic N) is 2. The van der Waals surface area contributed by atoms with E-state index in [1.165, 1.54) is 18.7 Å². The molecule has 1 unspecified atom stereocenters. The van der Waals surface area contributed by atoms with Crippen molar-refractivity contribution >= 4 is 22.6 Å². The van der Waals surface area contributed by atoms with E-state index >= 15 is 0 Å². The van der Waals surface area contributed by atoms with Crippen molar-refractivity contribution in [2.75, 3.05) is 13.1 Å². The van der Waals surface area contributed by atoms with E-state index in [1.807, 2.05) is 18.2 Å². The lowest BCUT2D eigenvalue weighted by Crippen LogP contribution is -2.42. The van der Waals surface area contributed by atoms with Crippen LogP contribution in [-0.4, -0.2) is 22.6 Å². The first-order valence-corrected chi connectivity index (χ1v) is 7.39. The molecule has 0 radical (unpaired) electrons. The molecule has 1 N–H and O–H groups in total. The lowest BCUT2D eigenvalue weighted by atomic mass is 9.82. The molecular formula is C15H20ClN3. The summed E-state index contributed by atoms with van der Waals surface area (Å²) in [5, 5.41) is 4.28. The molecule has 1 atom stereocenters. The summed E-state index contributed by atoms with van der Waals surface area (Å²) < 4.78 is 2.31. The van der Waals surface area contributed by atoms with Crippen LogP contribution >= 0.6 is 11.6 Å². The number of hydrogen-bond acceptors (Lipinski definition) is 2. The lowest BCUT2D eigenvalue weighted by molar-refractivity contribution is 0.315. The summed E-state index contributed by atoms with van der Waals surface area (Å²) in [7, 11) is 0. The third-order valence-electron chi connectivity index (χ3n) is 4.16. The van der Waals surface area contributed by atoms with Crippen molar-refractivity contribution in [1.29, 1.82) is 0 Å². The smallest absolute Gasteiger partial charge is 0.117 e. The SMILES string of the molecule is CCn1c(C2(C)CCCNC2)nc2ccc(Cl)cc21. The third kappa shape index (κ3) is 2.15. The molecule has 0 aliphatic carbocycles. The summed E-state index contributed by atoms with van der Waals surface area (Å²) in [4.78, 5) is 4.88. The number of rotatable bonds is 2.